The largest absolute Gasteiger partial charge is 0.495 e. The van der Waals surface area contributed by atoms with Crippen LogP contribution in [0.25, 0.3) is 10.9 Å². The van der Waals surface area contributed by atoms with Crippen molar-refractivity contribution >= 4 is 26.8 Å². The number of methoxy groups -OCH3 is 2. The van der Waals surface area contributed by atoms with E-state index in [1.807, 2.05) is 6.07 Å². The predicted molar refractivity (Wildman–Crippen MR) is 79.2 cm³/mol. The van der Waals surface area contributed by atoms with Crippen LogP contribution in [0.1, 0.15) is 24.1 Å². The fourth-order valence-corrected chi connectivity index (χ4v) is 3.32. The smallest absolute Gasteiger partial charge is 0.146 e. The molecule has 0 unspecified atom stereocenters. The second-order valence-corrected chi connectivity index (χ2v) is 5.65. The molecule has 0 saturated heterocycles. The summed E-state index contributed by atoms with van der Waals surface area (Å²) in [5.41, 5.74) is 3.45. The molecule has 4 heteroatoms. The maximum atomic E-state index is 5.51. The highest BCUT2D eigenvalue weighted by Crippen LogP contribution is 2.40. The van der Waals surface area contributed by atoms with Gasteiger partial charge in [0.1, 0.15) is 17.0 Å². The monoisotopic (exact) mass is 321 g/mol. The van der Waals surface area contributed by atoms with Gasteiger partial charge in [-0.2, -0.15) is 0 Å². The van der Waals surface area contributed by atoms with Crippen LogP contribution in [-0.2, 0) is 12.8 Å². The van der Waals surface area contributed by atoms with Gasteiger partial charge in [-0.15, -0.1) is 0 Å². The Labute approximate surface area is 121 Å². The minimum Gasteiger partial charge on any atom is -0.495 e. The molecule has 0 N–H and O–H groups in total. The predicted octanol–water partition coefficient (Wildman–Crippen LogP) is 3.89. The summed E-state index contributed by atoms with van der Waals surface area (Å²) in [5, 5.41) is 1.02. The van der Waals surface area contributed by atoms with Crippen LogP contribution < -0.4 is 9.47 Å². The molecule has 1 heterocycles. The first-order valence-corrected chi connectivity index (χ1v) is 7.27. The number of hydrogen-bond acceptors (Lipinski definition) is 3. The molecule has 0 amide bonds. The van der Waals surface area contributed by atoms with Crippen molar-refractivity contribution in [2.45, 2.75) is 25.7 Å². The van der Waals surface area contributed by atoms with Crippen LogP contribution in [0.5, 0.6) is 11.5 Å². The van der Waals surface area contributed by atoms with E-state index in [4.69, 9.17) is 14.5 Å². The van der Waals surface area contributed by atoms with Crippen LogP contribution in [0.15, 0.2) is 16.6 Å². The fourth-order valence-electron chi connectivity index (χ4n) is 2.74. The van der Waals surface area contributed by atoms with E-state index in [-0.39, 0.29) is 0 Å². The van der Waals surface area contributed by atoms with Gasteiger partial charge in [-0.3, -0.25) is 0 Å². The molecule has 1 aliphatic rings. The lowest BCUT2D eigenvalue weighted by molar-refractivity contribution is 0.407. The number of rotatable bonds is 2. The summed E-state index contributed by atoms with van der Waals surface area (Å²) >= 11 is 3.53. The van der Waals surface area contributed by atoms with E-state index in [1.165, 1.54) is 24.1 Å². The van der Waals surface area contributed by atoms with Gasteiger partial charge in [-0.05, 0) is 53.2 Å². The Morgan fingerprint density at radius 2 is 1.89 bits per heavy atom. The zero-order chi connectivity index (χ0) is 13.4. The van der Waals surface area contributed by atoms with Gasteiger partial charge < -0.3 is 9.47 Å². The van der Waals surface area contributed by atoms with Crippen molar-refractivity contribution in [2.75, 3.05) is 14.2 Å². The number of hydrogen-bond donors (Lipinski definition) is 0. The molecular weight excluding hydrogens is 306 g/mol. The number of ether oxygens (including phenoxy) is 2. The van der Waals surface area contributed by atoms with Gasteiger partial charge >= 0.3 is 0 Å². The van der Waals surface area contributed by atoms with Crippen molar-refractivity contribution < 1.29 is 9.47 Å². The van der Waals surface area contributed by atoms with E-state index in [2.05, 4.69) is 22.0 Å². The number of nitrogens with zero attached hydrogens (tertiary/aromatic N) is 1. The van der Waals surface area contributed by atoms with Crippen LogP contribution in [0, 0.1) is 0 Å². The van der Waals surface area contributed by atoms with Crippen molar-refractivity contribution in [3.63, 3.8) is 0 Å². The van der Waals surface area contributed by atoms with E-state index in [0.29, 0.717) is 0 Å². The Morgan fingerprint density at radius 1 is 1.11 bits per heavy atom. The quantitative estimate of drug-likeness (QED) is 0.840. The molecule has 1 aliphatic carbocycles. The second kappa shape index (κ2) is 5.00. The molecule has 0 fully saturated rings. The van der Waals surface area contributed by atoms with Crippen molar-refractivity contribution in [3.05, 3.63) is 27.9 Å². The molecule has 0 radical (unpaired) electrons. The van der Waals surface area contributed by atoms with Gasteiger partial charge in [0.15, 0.2) is 0 Å². The first kappa shape index (κ1) is 12.7. The van der Waals surface area contributed by atoms with Crippen molar-refractivity contribution in [3.8, 4) is 11.5 Å². The molecule has 2 aromatic rings. The molecule has 1 aromatic heterocycles. The van der Waals surface area contributed by atoms with Crippen molar-refractivity contribution in [2.24, 2.45) is 0 Å². The Bertz CT molecular complexity index is 640. The Hall–Kier alpha value is -1.29. The first-order valence-electron chi connectivity index (χ1n) is 6.47. The summed E-state index contributed by atoms with van der Waals surface area (Å²) in [5.74, 6) is 1.62. The summed E-state index contributed by atoms with van der Waals surface area (Å²) in [6, 6.07) is 4.13. The highest BCUT2D eigenvalue weighted by Gasteiger charge is 2.18. The molecule has 0 saturated carbocycles. The van der Waals surface area contributed by atoms with Crippen LogP contribution in [0.4, 0.5) is 0 Å². The van der Waals surface area contributed by atoms with E-state index in [9.17, 15) is 0 Å². The van der Waals surface area contributed by atoms with Gasteiger partial charge in [0, 0.05) is 17.1 Å². The lowest BCUT2D eigenvalue weighted by Gasteiger charge is -2.18. The standard InChI is InChI=1S/C15H16BrNO2/c1-18-13-8-11(16)15(19-2)10-7-9-5-3-4-6-12(9)17-14(10)13/h7-8H,3-6H2,1-2H3. The minimum atomic E-state index is 0.788. The summed E-state index contributed by atoms with van der Waals surface area (Å²) in [7, 11) is 3.36. The van der Waals surface area contributed by atoms with Crippen LogP contribution >= 0.6 is 15.9 Å². The summed E-state index contributed by atoms with van der Waals surface area (Å²) in [6.07, 6.45) is 4.64. The highest BCUT2D eigenvalue weighted by molar-refractivity contribution is 9.10. The van der Waals surface area contributed by atoms with E-state index in [1.54, 1.807) is 14.2 Å². The number of pyridine rings is 1. The van der Waals surface area contributed by atoms with Crippen molar-refractivity contribution in [1.82, 2.24) is 4.98 Å². The normalized spacial score (nSPS) is 14.3. The zero-order valence-corrected chi connectivity index (χ0v) is 12.7. The van der Waals surface area contributed by atoms with Crippen molar-refractivity contribution in [1.29, 1.82) is 0 Å². The van der Waals surface area contributed by atoms with Crippen LogP contribution in [-0.4, -0.2) is 19.2 Å². The number of benzene rings is 1. The number of halogens is 1. The fraction of sp³-hybridized carbons (Fsp3) is 0.400. The molecule has 100 valence electrons. The Kier molecular flexibility index (Phi) is 3.35. The van der Waals surface area contributed by atoms with E-state index >= 15 is 0 Å². The van der Waals surface area contributed by atoms with E-state index in [0.717, 1.165) is 39.7 Å². The lowest BCUT2D eigenvalue weighted by atomic mass is 9.94. The third-order valence-corrected chi connectivity index (χ3v) is 4.27. The first-order chi connectivity index (χ1) is 9.24. The maximum absolute atomic E-state index is 5.51. The summed E-state index contributed by atoms with van der Waals surface area (Å²) in [6.45, 7) is 0. The van der Waals surface area contributed by atoms with Gasteiger partial charge in [0.05, 0.1) is 18.7 Å². The second-order valence-electron chi connectivity index (χ2n) is 4.79. The van der Waals surface area contributed by atoms with Gasteiger partial charge in [-0.1, -0.05) is 0 Å². The van der Waals surface area contributed by atoms with Gasteiger partial charge in [0.2, 0.25) is 0 Å². The molecule has 19 heavy (non-hydrogen) atoms. The SMILES string of the molecule is COc1c(Br)cc(OC)c2nc3c(cc12)CCCC3. The molecule has 0 bridgehead atoms. The van der Waals surface area contributed by atoms with Gasteiger partial charge in [-0.25, -0.2) is 4.98 Å². The molecular formula is C15H16BrNO2. The van der Waals surface area contributed by atoms with E-state index < -0.39 is 0 Å². The summed E-state index contributed by atoms with van der Waals surface area (Å²) < 4.78 is 11.9. The molecule has 1 aromatic carbocycles. The molecule has 3 rings (SSSR count). The van der Waals surface area contributed by atoms with Crippen LogP contribution in [0.3, 0.4) is 0 Å². The average molecular weight is 322 g/mol. The number of aryl methyl sites for hydroxylation is 2. The summed E-state index contributed by atoms with van der Waals surface area (Å²) in [4.78, 5) is 4.81. The third kappa shape index (κ3) is 2.08. The Balaban J connectivity index is 2.35. The molecule has 0 atom stereocenters. The molecule has 0 aliphatic heterocycles. The number of aromatic nitrogens is 1. The third-order valence-electron chi connectivity index (χ3n) is 3.68. The molecule has 0 spiro atoms. The van der Waals surface area contributed by atoms with Gasteiger partial charge in [0.25, 0.3) is 0 Å². The lowest BCUT2D eigenvalue weighted by Crippen LogP contribution is -2.06. The van der Waals surface area contributed by atoms with Crippen LogP contribution in [0.2, 0.25) is 0 Å². The topological polar surface area (TPSA) is 31.4 Å². The highest BCUT2D eigenvalue weighted by atomic mass is 79.9. The zero-order valence-electron chi connectivity index (χ0n) is 11.1. The minimum absolute atomic E-state index is 0.788. The average Bonchev–Trinajstić information content (AvgIpc) is 2.44. The maximum Gasteiger partial charge on any atom is 0.146 e. The molecule has 3 nitrogen and oxygen atoms in total. The number of fused-ring (bicyclic) bond motifs is 2. The Morgan fingerprint density at radius 3 is 2.63 bits per heavy atom.